The van der Waals surface area contributed by atoms with Crippen LogP contribution in [0.2, 0.25) is 0 Å². The molecule has 0 unspecified atom stereocenters. The Bertz CT molecular complexity index is 206. The molecule has 17 heavy (non-hydrogen) atoms. The summed E-state index contributed by atoms with van der Waals surface area (Å²) in [4.78, 5) is 5.01. The molecule has 0 radical (unpaired) electrons. The maximum atomic E-state index is 8.92. The summed E-state index contributed by atoms with van der Waals surface area (Å²) < 4.78 is 0. The second kappa shape index (κ2) is 6.72. The van der Waals surface area contributed by atoms with Gasteiger partial charge in [0.1, 0.15) is 0 Å². The second-order valence-electron chi connectivity index (χ2n) is 5.99. The van der Waals surface area contributed by atoms with Crippen molar-refractivity contribution in [2.24, 2.45) is 11.8 Å². The highest BCUT2D eigenvalue weighted by Gasteiger charge is 2.22. The van der Waals surface area contributed by atoms with Crippen LogP contribution in [0.1, 0.15) is 32.6 Å². The number of β-amino-alcohol motifs (C(OH)–C–C–N with tert-alkyl or cyclic N) is 1. The zero-order valence-electron chi connectivity index (χ0n) is 11.3. The Kier molecular flexibility index (Phi) is 5.26. The van der Waals surface area contributed by atoms with Crippen LogP contribution in [-0.2, 0) is 0 Å². The molecule has 0 atom stereocenters. The van der Waals surface area contributed by atoms with Crippen LogP contribution in [0.5, 0.6) is 0 Å². The number of hydrogen-bond acceptors (Lipinski definition) is 3. The van der Waals surface area contributed by atoms with Gasteiger partial charge in [0.15, 0.2) is 0 Å². The number of piperazine rings is 1. The molecule has 3 nitrogen and oxygen atoms in total. The summed E-state index contributed by atoms with van der Waals surface area (Å²) in [5.41, 5.74) is 0. The summed E-state index contributed by atoms with van der Waals surface area (Å²) in [5.74, 6) is 1.92. The third-order valence-electron chi connectivity index (χ3n) is 4.53. The van der Waals surface area contributed by atoms with E-state index in [1.807, 2.05) is 0 Å². The number of rotatable bonds is 4. The van der Waals surface area contributed by atoms with E-state index in [0.717, 1.165) is 31.5 Å². The van der Waals surface area contributed by atoms with Gasteiger partial charge in [-0.1, -0.05) is 19.8 Å². The molecule has 1 aliphatic heterocycles. The lowest BCUT2D eigenvalue weighted by Crippen LogP contribution is -2.48. The number of aliphatic hydroxyl groups is 1. The average molecular weight is 240 g/mol. The summed E-state index contributed by atoms with van der Waals surface area (Å²) in [5, 5.41) is 8.92. The summed E-state index contributed by atoms with van der Waals surface area (Å²) in [7, 11) is 0. The summed E-state index contributed by atoms with van der Waals surface area (Å²) in [6.07, 6.45) is 5.76. The van der Waals surface area contributed by atoms with Gasteiger partial charge in [-0.05, 0) is 24.7 Å². The van der Waals surface area contributed by atoms with E-state index in [1.165, 1.54) is 45.3 Å². The molecule has 0 spiro atoms. The van der Waals surface area contributed by atoms with Crippen molar-refractivity contribution in [2.45, 2.75) is 32.6 Å². The first-order valence-electron chi connectivity index (χ1n) is 7.33. The van der Waals surface area contributed by atoms with E-state index in [9.17, 15) is 0 Å². The minimum Gasteiger partial charge on any atom is -0.395 e. The van der Waals surface area contributed by atoms with Crippen LogP contribution in [0, 0.1) is 11.8 Å². The first-order chi connectivity index (χ1) is 8.28. The van der Waals surface area contributed by atoms with Crippen molar-refractivity contribution in [1.29, 1.82) is 0 Å². The quantitative estimate of drug-likeness (QED) is 0.805. The van der Waals surface area contributed by atoms with Crippen molar-refractivity contribution < 1.29 is 5.11 Å². The first-order valence-corrected chi connectivity index (χ1v) is 7.33. The minimum absolute atomic E-state index is 0.306. The smallest absolute Gasteiger partial charge is 0.0558 e. The monoisotopic (exact) mass is 240 g/mol. The fourth-order valence-corrected chi connectivity index (χ4v) is 3.21. The highest BCUT2D eigenvalue weighted by atomic mass is 16.3. The molecular formula is C14H28N2O. The van der Waals surface area contributed by atoms with Gasteiger partial charge in [0, 0.05) is 39.3 Å². The largest absolute Gasteiger partial charge is 0.395 e. The molecule has 0 amide bonds. The predicted octanol–water partition coefficient (Wildman–Crippen LogP) is 1.42. The molecule has 3 heteroatoms. The third kappa shape index (κ3) is 4.23. The highest BCUT2D eigenvalue weighted by molar-refractivity contribution is 4.77. The maximum Gasteiger partial charge on any atom is 0.0558 e. The molecule has 2 rings (SSSR count). The molecule has 0 bridgehead atoms. The van der Waals surface area contributed by atoms with Crippen LogP contribution in [0.3, 0.4) is 0 Å². The van der Waals surface area contributed by atoms with E-state index >= 15 is 0 Å². The zero-order valence-corrected chi connectivity index (χ0v) is 11.3. The van der Waals surface area contributed by atoms with E-state index in [-0.39, 0.29) is 0 Å². The van der Waals surface area contributed by atoms with Gasteiger partial charge in [-0.15, -0.1) is 0 Å². The lowest BCUT2D eigenvalue weighted by atomic mass is 9.83. The van der Waals surface area contributed by atoms with Gasteiger partial charge in [0.25, 0.3) is 0 Å². The van der Waals surface area contributed by atoms with Crippen LogP contribution in [0.15, 0.2) is 0 Å². The molecule has 1 saturated heterocycles. The predicted molar refractivity (Wildman–Crippen MR) is 71.1 cm³/mol. The third-order valence-corrected chi connectivity index (χ3v) is 4.53. The fraction of sp³-hybridized carbons (Fsp3) is 1.00. The van der Waals surface area contributed by atoms with Gasteiger partial charge in [0.2, 0.25) is 0 Å². The lowest BCUT2D eigenvalue weighted by Gasteiger charge is -2.37. The Morgan fingerprint density at radius 2 is 1.53 bits per heavy atom. The van der Waals surface area contributed by atoms with Crippen LogP contribution in [0.25, 0.3) is 0 Å². The Morgan fingerprint density at radius 1 is 0.941 bits per heavy atom. The van der Waals surface area contributed by atoms with Crippen molar-refractivity contribution in [2.75, 3.05) is 45.9 Å². The molecule has 0 aromatic rings. The normalized spacial score (nSPS) is 32.8. The second-order valence-corrected chi connectivity index (χ2v) is 5.99. The molecule has 2 aliphatic rings. The van der Waals surface area contributed by atoms with Crippen molar-refractivity contribution >= 4 is 0 Å². The van der Waals surface area contributed by atoms with Crippen molar-refractivity contribution in [3.63, 3.8) is 0 Å². The Hall–Kier alpha value is -0.120. The maximum absolute atomic E-state index is 8.92. The highest BCUT2D eigenvalue weighted by Crippen LogP contribution is 2.28. The van der Waals surface area contributed by atoms with Crippen LogP contribution in [0.4, 0.5) is 0 Å². The molecule has 1 N–H and O–H groups in total. The van der Waals surface area contributed by atoms with Gasteiger partial charge in [-0.2, -0.15) is 0 Å². The fourth-order valence-electron chi connectivity index (χ4n) is 3.21. The van der Waals surface area contributed by atoms with E-state index in [0.29, 0.717) is 6.61 Å². The van der Waals surface area contributed by atoms with E-state index < -0.39 is 0 Å². The van der Waals surface area contributed by atoms with E-state index in [2.05, 4.69) is 16.7 Å². The van der Waals surface area contributed by atoms with Crippen molar-refractivity contribution in [3.05, 3.63) is 0 Å². The zero-order chi connectivity index (χ0) is 12.1. The Labute approximate surface area is 106 Å². The molecular weight excluding hydrogens is 212 g/mol. The van der Waals surface area contributed by atoms with Gasteiger partial charge >= 0.3 is 0 Å². The number of aliphatic hydroxyl groups excluding tert-OH is 1. The molecule has 0 aromatic carbocycles. The average Bonchev–Trinajstić information content (AvgIpc) is 2.35. The standard InChI is InChI=1S/C14H28N2O/c1-13-2-4-14(5-3-13)12-16-8-6-15(7-9-16)10-11-17/h13-14,17H,2-12H2,1H3. The van der Waals surface area contributed by atoms with Gasteiger partial charge < -0.3 is 10.0 Å². The van der Waals surface area contributed by atoms with Crippen LogP contribution < -0.4 is 0 Å². The SMILES string of the molecule is CC1CCC(CN2CCN(CCO)CC2)CC1. The summed E-state index contributed by atoms with van der Waals surface area (Å²) in [6.45, 7) is 9.56. The van der Waals surface area contributed by atoms with Gasteiger partial charge in [0.05, 0.1) is 6.61 Å². The Balaban J connectivity index is 1.64. The first kappa shape index (κ1) is 13.3. The molecule has 100 valence electrons. The van der Waals surface area contributed by atoms with Gasteiger partial charge in [-0.3, -0.25) is 4.90 Å². The molecule has 2 fully saturated rings. The van der Waals surface area contributed by atoms with Gasteiger partial charge in [-0.25, -0.2) is 0 Å². The number of nitrogens with zero attached hydrogens (tertiary/aromatic N) is 2. The minimum atomic E-state index is 0.306. The lowest BCUT2D eigenvalue weighted by molar-refractivity contribution is 0.0928. The van der Waals surface area contributed by atoms with Crippen molar-refractivity contribution in [3.8, 4) is 0 Å². The number of hydrogen-bond donors (Lipinski definition) is 1. The van der Waals surface area contributed by atoms with E-state index in [1.54, 1.807) is 0 Å². The van der Waals surface area contributed by atoms with E-state index in [4.69, 9.17) is 5.11 Å². The van der Waals surface area contributed by atoms with Crippen LogP contribution >= 0.6 is 0 Å². The molecule has 0 aromatic heterocycles. The summed E-state index contributed by atoms with van der Waals surface area (Å²) >= 11 is 0. The molecule has 1 heterocycles. The molecule has 1 saturated carbocycles. The van der Waals surface area contributed by atoms with Crippen molar-refractivity contribution in [1.82, 2.24) is 9.80 Å². The Morgan fingerprint density at radius 3 is 2.12 bits per heavy atom. The molecule has 1 aliphatic carbocycles. The summed E-state index contributed by atoms with van der Waals surface area (Å²) in [6, 6.07) is 0. The topological polar surface area (TPSA) is 26.7 Å². The van der Waals surface area contributed by atoms with Crippen LogP contribution in [-0.4, -0.2) is 60.8 Å².